The van der Waals surface area contributed by atoms with E-state index in [9.17, 15) is 9.59 Å². The Labute approximate surface area is 191 Å². The highest BCUT2D eigenvalue weighted by Crippen LogP contribution is 2.30. The highest BCUT2D eigenvalue weighted by atomic mass is 16.5. The first-order valence-corrected chi connectivity index (χ1v) is 11.7. The second kappa shape index (κ2) is 10.7. The molecule has 0 aliphatic heterocycles. The molecule has 174 valence electrons. The standard InChI is InChI=1S/C26H36N2O4/c1-6-32-26(30)22-16-24(20-10-12-21(31-5)13-11-20)28(19(22)4)15-14-25(29)27-23-9-7-8-17(2)18(23)3/h10-13,16-18,23H,6-9,14-15H2,1-5H3,(H,27,29)/t17-,18-,23+/m0/s1. The number of methoxy groups -OCH3 is 1. The molecule has 32 heavy (non-hydrogen) atoms. The summed E-state index contributed by atoms with van der Waals surface area (Å²) in [7, 11) is 1.63. The molecule has 6 nitrogen and oxygen atoms in total. The predicted molar refractivity (Wildman–Crippen MR) is 126 cm³/mol. The van der Waals surface area contributed by atoms with Crippen molar-refractivity contribution in [3.63, 3.8) is 0 Å². The largest absolute Gasteiger partial charge is 0.497 e. The van der Waals surface area contributed by atoms with Crippen molar-refractivity contribution in [3.8, 4) is 17.0 Å². The van der Waals surface area contributed by atoms with Crippen LogP contribution in [0.3, 0.4) is 0 Å². The molecule has 0 saturated heterocycles. The third kappa shape index (κ3) is 5.34. The van der Waals surface area contributed by atoms with E-state index in [1.165, 1.54) is 6.42 Å². The molecule has 1 aliphatic rings. The lowest BCUT2D eigenvalue weighted by atomic mass is 9.78. The maximum Gasteiger partial charge on any atom is 0.339 e. The third-order valence-corrected chi connectivity index (χ3v) is 6.86. The van der Waals surface area contributed by atoms with E-state index in [-0.39, 0.29) is 17.9 Å². The van der Waals surface area contributed by atoms with Crippen LogP contribution in [-0.4, -0.2) is 36.2 Å². The van der Waals surface area contributed by atoms with E-state index in [1.807, 2.05) is 41.8 Å². The van der Waals surface area contributed by atoms with Gasteiger partial charge in [-0.2, -0.15) is 0 Å². The van der Waals surface area contributed by atoms with Gasteiger partial charge in [-0.1, -0.05) is 26.7 Å². The summed E-state index contributed by atoms with van der Waals surface area (Å²) in [5.41, 5.74) is 3.19. The zero-order chi connectivity index (χ0) is 23.3. The smallest absolute Gasteiger partial charge is 0.339 e. The lowest BCUT2D eigenvalue weighted by Crippen LogP contribution is -2.43. The molecule has 3 atom stereocenters. The minimum atomic E-state index is -0.340. The molecule has 0 spiro atoms. The second-order valence-corrected chi connectivity index (χ2v) is 8.82. The molecular formula is C26H36N2O4. The molecule has 1 aromatic carbocycles. The van der Waals surface area contributed by atoms with E-state index in [0.29, 0.717) is 37.0 Å². The summed E-state index contributed by atoms with van der Waals surface area (Å²) in [5, 5.41) is 3.25. The number of rotatable bonds is 8. The first kappa shape index (κ1) is 23.9. The average Bonchev–Trinajstić information content (AvgIpc) is 3.12. The quantitative estimate of drug-likeness (QED) is 0.588. The van der Waals surface area contributed by atoms with Gasteiger partial charge >= 0.3 is 5.97 Å². The number of aromatic nitrogens is 1. The summed E-state index contributed by atoms with van der Waals surface area (Å²) in [6.45, 7) is 9.02. The van der Waals surface area contributed by atoms with E-state index in [4.69, 9.17) is 9.47 Å². The van der Waals surface area contributed by atoms with Crippen LogP contribution in [0.2, 0.25) is 0 Å². The number of amides is 1. The van der Waals surface area contributed by atoms with Gasteiger partial charge in [-0.3, -0.25) is 4.79 Å². The number of hydrogen-bond donors (Lipinski definition) is 1. The lowest BCUT2D eigenvalue weighted by molar-refractivity contribution is -0.122. The van der Waals surface area contributed by atoms with Gasteiger partial charge in [0.1, 0.15) is 5.75 Å². The Morgan fingerprint density at radius 1 is 1.16 bits per heavy atom. The van der Waals surface area contributed by atoms with E-state index in [2.05, 4.69) is 19.2 Å². The average molecular weight is 441 g/mol. The van der Waals surface area contributed by atoms with Crippen LogP contribution in [-0.2, 0) is 16.1 Å². The fourth-order valence-electron chi connectivity index (χ4n) is 4.63. The number of nitrogens with zero attached hydrogens (tertiary/aromatic N) is 1. The van der Waals surface area contributed by atoms with E-state index in [1.54, 1.807) is 14.0 Å². The highest BCUT2D eigenvalue weighted by molar-refractivity contribution is 5.92. The summed E-state index contributed by atoms with van der Waals surface area (Å²) >= 11 is 0. The van der Waals surface area contributed by atoms with Gasteiger partial charge in [0.05, 0.1) is 19.3 Å². The summed E-state index contributed by atoms with van der Waals surface area (Å²) in [5.74, 6) is 1.61. The zero-order valence-corrected chi connectivity index (χ0v) is 19.9. The minimum absolute atomic E-state index is 0.0578. The molecule has 1 aromatic heterocycles. The Morgan fingerprint density at radius 2 is 1.88 bits per heavy atom. The van der Waals surface area contributed by atoms with E-state index in [0.717, 1.165) is 35.5 Å². The molecule has 0 radical (unpaired) electrons. The summed E-state index contributed by atoms with van der Waals surface area (Å²) in [4.78, 5) is 25.3. The topological polar surface area (TPSA) is 69.6 Å². The number of hydrogen-bond acceptors (Lipinski definition) is 4. The summed E-state index contributed by atoms with van der Waals surface area (Å²) < 4.78 is 12.6. The van der Waals surface area contributed by atoms with E-state index < -0.39 is 0 Å². The van der Waals surface area contributed by atoms with Crippen LogP contribution in [0.25, 0.3) is 11.3 Å². The van der Waals surface area contributed by atoms with Gasteiger partial charge in [-0.25, -0.2) is 4.79 Å². The van der Waals surface area contributed by atoms with Crippen molar-refractivity contribution in [2.45, 2.75) is 66.0 Å². The molecular weight excluding hydrogens is 404 g/mol. The number of benzene rings is 1. The number of esters is 1. The van der Waals surface area contributed by atoms with Crippen molar-refractivity contribution in [3.05, 3.63) is 41.6 Å². The normalized spacial score (nSPS) is 20.6. The summed E-state index contributed by atoms with van der Waals surface area (Å²) in [6, 6.07) is 9.81. The van der Waals surface area contributed by atoms with Gasteiger partial charge in [0.2, 0.25) is 5.91 Å². The number of ether oxygens (including phenoxy) is 2. The minimum Gasteiger partial charge on any atom is -0.497 e. The first-order valence-electron chi connectivity index (χ1n) is 11.7. The van der Waals surface area contributed by atoms with Crippen LogP contribution in [0, 0.1) is 18.8 Å². The fourth-order valence-corrected chi connectivity index (χ4v) is 4.63. The zero-order valence-electron chi connectivity index (χ0n) is 19.9. The van der Waals surface area contributed by atoms with Crippen molar-refractivity contribution in [1.29, 1.82) is 0 Å². The van der Waals surface area contributed by atoms with Crippen LogP contribution in [0.4, 0.5) is 0 Å². The first-order chi connectivity index (χ1) is 15.3. The monoisotopic (exact) mass is 440 g/mol. The van der Waals surface area contributed by atoms with Gasteiger partial charge in [0, 0.05) is 30.4 Å². The van der Waals surface area contributed by atoms with Gasteiger partial charge in [0.15, 0.2) is 0 Å². The van der Waals surface area contributed by atoms with Crippen molar-refractivity contribution < 1.29 is 19.1 Å². The molecule has 1 heterocycles. The van der Waals surface area contributed by atoms with Crippen molar-refractivity contribution >= 4 is 11.9 Å². The van der Waals surface area contributed by atoms with Crippen molar-refractivity contribution in [1.82, 2.24) is 9.88 Å². The van der Waals surface area contributed by atoms with Crippen molar-refractivity contribution in [2.24, 2.45) is 11.8 Å². The van der Waals surface area contributed by atoms with Crippen LogP contribution >= 0.6 is 0 Å². The Hall–Kier alpha value is -2.76. The molecule has 1 saturated carbocycles. The molecule has 0 bridgehead atoms. The van der Waals surface area contributed by atoms with Gasteiger partial charge in [-0.05, 0) is 68.0 Å². The number of carbonyl (C=O) groups is 2. The molecule has 2 aromatic rings. The van der Waals surface area contributed by atoms with E-state index >= 15 is 0 Å². The van der Waals surface area contributed by atoms with Gasteiger partial charge in [-0.15, -0.1) is 0 Å². The third-order valence-electron chi connectivity index (χ3n) is 6.86. The highest BCUT2D eigenvalue weighted by Gasteiger charge is 2.28. The molecule has 1 amide bonds. The molecule has 1 fully saturated rings. The molecule has 0 unspecified atom stereocenters. The number of carbonyl (C=O) groups excluding carboxylic acids is 2. The Kier molecular flexibility index (Phi) is 7.99. The SMILES string of the molecule is CCOC(=O)c1cc(-c2ccc(OC)cc2)n(CCC(=O)N[C@@H]2CCC[C@H](C)[C@@H]2C)c1C. The maximum absolute atomic E-state index is 12.8. The van der Waals surface area contributed by atoms with Crippen LogP contribution in [0.5, 0.6) is 5.75 Å². The second-order valence-electron chi connectivity index (χ2n) is 8.82. The molecule has 6 heteroatoms. The Morgan fingerprint density at radius 3 is 2.53 bits per heavy atom. The molecule has 3 rings (SSSR count). The number of nitrogens with one attached hydrogen (secondary N) is 1. The van der Waals surface area contributed by atoms with Crippen LogP contribution < -0.4 is 10.1 Å². The molecule has 1 N–H and O–H groups in total. The fraction of sp³-hybridized carbons (Fsp3) is 0.538. The van der Waals surface area contributed by atoms with Crippen molar-refractivity contribution in [2.75, 3.05) is 13.7 Å². The van der Waals surface area contributed by atoms with Gasteiger partial charge in [0.25, 0.3) is 0 Å². The Bertz CT molecular complexity index is 932. The predicted octanol–water partition coefficient (Wildman–Crippen LogP) is 4.98. The molecule has 1 aliphatic carbocycles. The maximum atomic E-state index is 12.8. The van der Waals surface area contributed by atoms with Crippen LogP contribution in [0.15, 0.2) is 30.3 Å². The van der Waals surface area contributed by atoms with Gasteiger partial charge < -0.3 is 19.4 Å². The lowest BCUT2D eigenvalue weighted by Gasteiger charge is -2.34. The summed E-state index contributed by atoms with van der Waals surface area (Å²) in [6.07, 6.45) is 3.80. The van der Waals surface area contributed by atoms with Crippen LogP contribution in [0.1, 0.15) is 62.5 Å². The Balaban J connectivity index is 1.80.